The first kappa shape index (κ1) is 30.5. The van der Waals surface area contributed by atoms with E-state index in [1.165, 1.54) is 27.8 Å². The molecule has 0 saturated heterocycles. The van der Waals surface area contributed by atoms with Gasteiger partial charge in [0.15, 0.2) is 0 Å². The number of hydrogen-bond donors (Lipinski definition) is 0. The van der Waals surface area contributed by atoms with Crippen molar-refractivity contribution >= 4 is 5.57 Å². The summed E-state index contributed by atoms with van der Waals surface area (Å²) in [5, 5.41) is 0. The highest BCUT2D eigenvalue weighted by Gasteiger charge is 2.50. The molecule has 0 amide bonds. The van der Waals surface area contributed by atoms with Crippen LogP contribution in [0, 0.1) is 10.8 Å². The molecule has 0 aliphatic heterocycles. The van der Waals surface area contributed by atoms with Gasteiger partial charge in [0.2, 0.25) is 0 Å². The summed E-state index contributed by atoms with van der Waals surface area (Å²) in [4.78, 5) is 0. The van der Waals surface area contributed by atoms with Crippen LogP contribution in [0.4, 0.5) is 0 Å². The minimum absolute atomic E-state index is 0.0747. The molecule has 0 spiro atoms. The molecule has 1 atom stereocenters. The molecule has 0 heteroatoms. The highest BCUT2D eigenvalue weighted by molar-refractivity contribution is 5.83. The van der Waals surface area contributed by atoms with E-state index >= 15 is 0 Å². The second kappa shape index (κ2) is 10.8. The Morgan fingerprint density at radius 2 is 1.03 bits per heavy atom. The first-order valence-electron chi connectivity index (χ1n) is 15.3. The van der Waals surface area contributed by atoms with Crippen LogP contribution in [0.3, 0.4) is 0 Å². The molecule has 1 aliphatic carbocycles. The van der Waals surface area contributed by atoms with Gasteiger partial charge >= 0.3 is 0 Å². The molecule has 0 saturated carbocycles. The SMILES string of the molecule is CCC(C)(C)C1=C(c2ccc(C(C)(C)CC)cc2)C(c2ccc(C(C)(C)CC)cc2)(C(C)(C)CC)CC=C1. The van der Waals surface area contributed by atoms with Crippen molar-refractivity contribution < 1.29 is 0 Å². The van der Waals surface area contributed by atoms with Gasteiger partial charge in [-0.1, -0.05) is 144 Å². The molecular formula is C38H56. The van der Waals surface area contributed by atoms with E-state index in [1.807, 2.05) is 0 Å². The number of benzene rings is 2. The van der Waals surface area contributed by atoms with Gasteiger partial charge in [0.1, 0.15) is 0 Å². The fraction of sp³-hybridized carbons (Fsp3) is 0.579. The molecule has 2 aromatic carbocycles. The third kappa shape index (κ3) is 5.22. The Morgan fingerprint density at radius 1 is 0.579 bits per heavy atom. The first-order valence-corrected chi connectivity index (χ1v) is 15.3. The van der Waals surface area contributed by atoms with E-state index in [1.54, 1.807) is 5.57 Å². The average Bonchev–Trinajstić information content (AvgIpc) is 2.92. The lowest BCUT2D eigenvalue weighted by Crippen LogP contribution is -2.45. The van der Waals surface area contributed by atoms with Gasteiger partial charge in [-0.15, -0.1) is 0 Å². The molecule has 0 N–H and O–H groups in total. The van der Waals surface area contributed by atoms with Crippen molar-refractivity contribution in [3.63, 3.8) is 0 Å². The minimum atomic E-state index is -0.102. The van der Waals surface area contributed by atoms with Crippen LogP contribution in [0.2, 0.25) is 0 Å². The lowest BCUT2D eigenvalue weighted by atomic mass is 9.51. The van der Waals surface area contributed by atoms with Crippen LogP contribution in [0.5, 0.6) is 0 Å². The van der Waals surface area contributed by atoms with Gasteiger partial charge < -0.3 is 0 Å². The fourth-order valence-electron chi connectivity index (χ4n) is 6.20. The lowest BCUT2D eigenvalue weighted by molar-refractivity contribution is 0.206. The second-order valence-corrected chi connectivity index (χ2v) is 14.4. The van der Waals surface area contributed by atoms with E-state index < -0.39 is 0 Å². The van der Waals surface area contributed by atoms with E-state index in [4.69, 9.17) is 0 Å². The number of hydrogen-bond acceptors (Lipinski definition) is 0. The molecule has 0 heterocycles. The zero-order chi connectivity index (χ0) is 28.6. The summed E-state index contributed by atoms with van der Waals surface area (Å²) >= 11 is 0. The predicted octanol–water partition coefficient (Wildman–Crippen LogP) is 11.6. The Hall–Kier alpha value is -2.08. The molecule has 0 bridgehead atoms. The highest BCUT2D eigenvalue weighted by Crippen LogP contribution is 2.60. The van der Waals surface area contributed by atoms with E-state index in [0.29, 0.717) is 0 Å². The summed E-state index contributed by atoms with van der Waals surface area (Å²) in [6.45, 7) is 28.6. The quantitative estimate of drug-likeness (QED) is 0.297. The third-order valence-electron chi connectivity index (χ3n) is 10.9. The summed E-state index contributed by atoms with van der Waals surface area (Å²) in [6.07, 6.45) is 10.5. The molecule has 2 aromatic rings. The van der Waals surface area contributed by atoms with Gasteiger partial charge in [0, 0.05) is 5.41 Å². The topological polar surface area (TPSA) is 0 Å². The second-order valence-electron chi connectivity index (χ2n) is 14.4. The standard InChI is InChI=1S/C38H56/c1-13-34(5,6)29-21-19-28(20-22-29)33-32(36(9,10)15-3)18-17-27-38(33,37(11,12)16-4)31-25-23-30(24-26-31)35(7,8)14-2/h17-26H,13-16,27H2,1-12H3. The summed E-state index contributed by atoms with van der Waals surface area (Å²) in [5.41, 5.74) is 9.20. The van der Waals surface area contributed by atoms with Crippen molar-refractivity contribution in [2.24, 2.45) is 10.8 Å². The highest BCUT2D eigenvalue weighted by atomic mass is 14.5. The van der Waals surface area contributed by atoms with Crippen molar-refractivity contribution in [3.05, 3.63) is 88.5 Å². The predicted molar refractivity (Wildman–Crippen MR) is 170 cm³/mol. The smallest absolute Gasteiger partial charge is 0.0297 e. The maximum Gasteiger partial charge on any atom is 0.0297 e. The molecule has 1 unspecified atom stereocenters. The largest absolute Gasteiger partial charge is 0.0830 e. The van der Waals surface area contributed by atoms with E-state index in [0.717, 1.165) is 32.1 Å². The van der Waals surface area contributed by atoms with Crippen LogP contribution in [-0.2, 0) is 16.2 Å². The summed E-state index contributed by atoms with van der Waals surface area (Å²) in [6, 6.07) is 19.4. The van der Waals surface area contributed by atoms with Crippen molar-refractivity contribution in [2.75, 3.05) is 0 Å². The van der Waals surface area contributed by atoms with Gasteiger partial charge in [-0.2, -0.15) is 0 Å². The minimum Gasteiger partial charge on any atom is -0.0830 e. The monoisotopic (exact) mass is 512 g/mol. The maximum atomic E-state index is 2.50. The van der Waals surface area contributed by atoms with Crippen LogP contribution < -0.4 is 0 Å². The Morgan fingerprint density at radius 3 is 1.45 bits per heavy atom. The summed E-state index contributed by atoms with van der Waals surface area (Å²) in [5.74, 6) is 0. The average molecular weight is 513 g/mol. The Balaban J connectivity index is 2.39. The molecule has 208 valence electrons. The van der Waals surface area contributed by atoms with Crippen LogP contribution in [0.15, 0.2) is 66.3 Å². The molecule has 0 aromatic heterocycles. The van der Waals surface area contributed by atoms with E-state index in [-0.39, 0.29) is 27.1 Å². The molecule has 3 rings (SSSR count). The third-order valence-corrected chi connectivity index (χ3v) is 10.9. The molecule has 0 nitrogen and oxygen atoms in total. The zero-order valence-corrected chi connectivity index (χ0v) is 26.8. The van der Waals surface area contributed by atoms with E-state index in [9.17, 15) is 0 Å². The van der Waals surface area contributed by atoms with Crippen molar-refractivity contribution in [1.29, 1.82) is 0 Å². The molecule has 1 aliphatic rings. The molecule has 38 heavy (non-hydrogen) atoms. The zero-order valence-electron chi connectivity index (χ0n) is 26.8. The Labute approximate surface area is 236 Å². The Bertz CT molecular complexity index is 1150. The summed E-state index contributed by atoms with van der Waals surface area (Å²) < 4.78 is 0. The van der Waals surface area contributed by atoms with Crippen LogP contribution in [0.1, 0.15) is 137 Å². The summed E-state index contributed by atoms with van der Waals surface area (Å²) in [7, 11) is 0. The van der Waals surface area contributed by atoms with Gasteiger partial charge in [-0.25, -0.2) is 0 Å². The lowest BCUT2D eigenvalue weighted by Gasteiger charge is -2.52. The van der Waals surface area contributed by atoms with Crippen LogP contribution in [-0.4, -0.2) is 0 Å². The van der Waals surface area contributed by atoms with Gasteiger partial charge in [0.25, 0.3) is 0 Å². The van der Waals surface area contributed by atoms with Gasteiger partial charge in [-0.05, 0) is 87.2 Å². The number of rotatable bonds is 10. The van der Waals surface area contributed by atoms with E-state index in [2.05, 4.69) is 144 Å². The van der Waals surface area contributed by atoms with Gasteiger partial charge in [-0.3, -0.25) is 0 Å². The number of allylic oxidation sites excluding steroid dienone is 4. The van der Waals surface area contributed by atoms with Crippen molar-refractivity contribution in [2.45, 2.75) is 131 Å². The van der Waals surface area contributed by atoms with Crippen LogP contribution >= 0.6 is 0 Å². The van der Waals surface area contributed by atoms with Crippen molar-refractivity contribution in [3.8, 4) is 0 Å². The van der Waals surface area contributed by atoms with Crippen molar-refractivity contribution in [1.82, 2.24) is 0 Å². The Kier molecular flexibility index (Phi) is 8.68. The normalized spacial score (nSPS) is 19.3. The first-order chi connectivity index (χ1) is 17.6. The maximum absolute atomic E-state index is 2.50. The molecular weight excluding hydrogens is 456 g/mol. The molecule has 0 radical (unpaired) electrons. The van der Waals surface area contributed by atoms with Gasteiger partial charge in [0.05, 0.1) is 0 Å². The molecule has 0 fully saturated rings. The fourth-order valence-corrected chi connectivity index (χ4v) is 6.20. The van der Waals surface area contributed by atoms with Crippen LogP contribution in [0.25, 0.3) is 5.57 Å².